The third-order valence-corrected chi connectivity index (χ3v) is 4.97. The zero-order chi connectivity index (χ0) is 17.1. The first kappa shape index (κ1) is 16.7. The molecule has 0 saturated heterocycles. The van der Waals surface area contributed by atoms with Crippen LogP contribution in [-0.4, -0.2) is 16.3 Å². The first-order chi connectivity index (χ1) is 11.6. The molecule has 24 heavy (non-hydrogen) atoms. The summed E-state index contributed by atoms with van der Waals surface area (Å²) in [6, 6.07) is 14.6. The standard InChI is InChI=1S/C20H22N2OS/c1-14-8-9-17(16(3)12-14)19-13-24-20(22(19)10-11-23)21-18-7-5-4-6-15(18)2/h4-9,12-13,23H,10-11H2,1-3H3. The molecule has 0 aliphatic carbocycles. The van der Waals surface area contributed by atoms with Gasteiger partial charge < -0.3 is 9.67 Å². The quantitative estimate of drug-likeness (QED) is 0.754. The number of rotatable bonds is 4. The molecule has 0 unspecified atom stereocenters. The molecular weight excluding hydrogens is 316 g/mol. The van der Waals surface area contributed by atoms with E-state index in [4.69, 9.17) is 4.99 Å². The Morgan fingerprint density at radius 1 is 1.04 bits per heavy atom. The molecular formula is C20H22N2OS. The molecule has 0 radical (unpaired) electrons. The van der Waals surface area contributed by atoms with Gasteiger partial charge in [-0.2, -0.15) is 0 Å². The number of aliphatic hydroxyl groups excluding tert-OH is 1. The monoisotopic (exact) mass is 338 g/mol. The molecule has 1 aromatic heterocycles. The molecule has 0 atom stereocenters. The lowest BCUT2D eigenvalue weighted by Gasteiger charge is -2.11. The van der Waals surface area contributed by atoms with Crippen LogP contribution in [-0.2, 0) is 6.54 Å². The fourth-order valence-electron chi connectivity index (χ4n) is 2.84. The van der Waals surface area contributed by atoms with Crippen molar-refractivity contribution in [3.63, 3.8) is 0 Å². The number of aromatic nitrogens is 1. The van der Waals surface area contributed by atoms with Crippen molar-refractivity contribution >= 4 is 17.0 Å². The Bertz CT molecular complexity index is 921. The highest BCUT2D eigenvalue weighted by atomic mass is 32.1. The molecule has 1 N–H and O–H groups in total. The molecule has 3 rings (SSSR count). The minimum atomic E-state index is 0.0929. The van der Waals surface area contributed by atoms with Crippen LogP contribution in [0.25, 0.3) is 11.3 Å². The number of aryl methyl sites for hydroxylation is 3. The largest absolute Gasteiger partial charge is 0.395 e. The molecule has 1 heterocycles. The first-order valence-corrected chi connectivity index (χ1v) is 8.95. The summed E-state index contributed by atoms with van der Waals surface area (Å²) in [5, 5.41) is 11.6. The fourth-order valence-corrected chi connectivity index (χ4v) is 3.78. The summed E-state index contributed by atoms with van der Waals surface area (Å²) in [6.07, 6.45) is 0. The summed E-state index contributed by atoms with van der Waals surface area (Å²) in [5.74, 6) is 0. The van der Waals surface area contributed by atoms with Crippen LogP contribution in [0.1, 0.15) is 16.7 Å². The summed E-state index contributed by atoms with van der Waals surface area (Å²) in [5.41, 5.74) is 6.91. The van der Waals surface area contributed by atoms with Gasteiger partial charge in [0.05, 0.1) is 18.0 Å². The van der Waals surface area contributed by atoms with Crippen molar-refractivity contribution in [3.05, 3.63) is 69.3 Å². The zero-order valence-corrected chi connectivity index (χ0v) is 15.1. The predicted molar refractivity (Wildman–Crippen MR) is 101 cm³/mol. The van der Waals surface area contributed by atoms with Crippen molar-refractivity contribution in [2.24, 2.45) is 4.99 Å². The number of hydrogen-bond acceptors (Lipinski definition) is 3. The minimum Gasteiger partial charge on any atom is -0.395 e. The predicted octanol–water partition coefficient (Wildman–Crippen LogP) is 4.37. The van der Waals surface area contributed by atoms with Crippen molar-refractivity contribution in [1.82, 2.24) is 4.57 Å². The van der Waals surface area contributed by atoms with Crippen molar-refractivity contribution in [1.29, 1.82) is 0 Å². The van der Waals surface area contributed by atoms with E-state index in [1.807, 2.05) is 18.2 Å². The average molecular weight is 338 g/mol. The Balaban J connectivity index is 2.17. The van der Waals surface area contributed by atoms with E-state index in [-0.39, 0.29) is 6.61 Å². The van der Waals surface area contributed by atoms with Crippen molar-refractivity contribution in [2.75, 3.05) is 6.61 Å². The molecule has 0 spiro atoms. The van der Waals surface area contributed by atoms with Gasteiger partial charge in [0.15, 0.2) is 4.80 Å². The summed E-state index contributed by atoms with van der Waals surface area (Å²) >= 11 is 1.61. The molecule has 0 fully saturated rings. The fraction of sp³-hybridized carbons (Fsp3) is 0.250. The lowest BCUT2D eigenvalue weighted by atomic mass is 10.0. The van der Waals surface area contributed by atoms with Gasteiger partial charge >= 0.3 is 0 Å². The second-order valence-corrected chi connectivity index (χ2v) is 6.83. The van der Waals surface area contributed by atoms with Crippen LogP contribution in [0.15, 0.2) is 52.8 Å². The van der Waals surface area contributed by atoms with Gasteiger partial charge in [-0.3, -0.25) is 0 Å². The van der Waals surface area contributed by atoms with Crippen LogP contribution < -0.4 is 4.80 Å². The van der Waals surface area contributed by atoms with Crippen LogP contribution in [0.4, 0.5) is 5.69 Å². The second-order valence-electron chi connectivity index (χ2n) is 6.00. The highest BCUT2D eigenvalue weighted by molar-refractivity contribution is 7.07. The smallest absolute Gasteiger partial charge is 0.190 e. The number of hydrogen-bond donors (Lipinski definition) is 1. The minimum absolute atomic E-state index is 0.0929. The lowest BCUT2D eigenvalue weighted by molar-refractivity contribution is 0.275. The number of aliphatic hydroxyl groups is 1. The maximum Gasteiger partial charge on any atom is 0.190 e. The average Bonchev–Trinajstić information content (AvgIpc) is 2.93. The normalized spacial score (nSPS) is 11.9. The van der Waals surface area contributed by atoms with Gasteiger partial charge in [0.1, 0.15) is 0 Å². The Morgan fingerprint density at radius 3 is 2.54 bits per heavy atom. The van der Waals surface area contributed by atoms with E-state index in [0.717, 1.165) is 21.7 Å². The number of nitrogens with zero attached hydrogens (tertiary/aromatic N) is 2. The SMILES string of the molecule is Cc1ccc(-c2csc(=Nc3ccccc3C)n2CCO)c(C)c1. The molecule has 0 saturated carbocycles. The van der Waals surface area contributed by atoms with Gasteiger partial charge in [-0.15, -0.1) is 11.3 Å². The van der Waals surface area contributed by atoms with E-state index in [9.17, 15) is 5.11 Å². The highest BCUT2D eigenvalue weighted by Gasteiger charge is 2.10. The number of benzene rings is 2. The van der Waals surface area contributed by atoms with E-state index in [2.05, 4.69) is 55.0 Å². The summed E-state index contributed by atoms with van der Waals surface area (Å²) < 4.78 is 2.11. The highest BCUT2D eigenvalue weighted by Crippen LogP contribution is 2.25. The lowest BCUT2D eigenvalue weighted by Crippen LogP contribution is -2.18. The zero-order valence-electron chi connectivity index (χ0n) is 14.3. The van der Waals surface area contributed by atoms with Gasteiger partial charge in [0.2, 0.25) is 0 Å². The van der Waals surface area contributed by atoms with Crippen LogP contribution in [0.5, 0.6) is 0 Å². The second kappa shape index (κ2) is 7.16. The topological polar surface area (TPSA) is 37.5 Å². The van der Waals surface area contributed by atoms with E-state index >= 15 is 0 Å². The van der Waals surface area contributed by atoms with Crippen molar-refractivity contribution < 1.29 is 5.11 Å². The molecule has 3 aromatic rings. The third-order valence-electron chi connectivity index (χ3n) is 4.11. The van der Waals surface area contributed by atoms with Crippen LogP contribution in [0.2, 0.25) is 0 Å². The maximum atomic E-state index is 9.51. The van der Waals surface area contributed by atoms with Crippen LogP contribution in [0.3, 0.4) is 0 Å². The maximum absolute atomic E-state index is 9.51. The number of thiazole rings is 1. The van der Waals surface area contributed by atoms with E-state index in [1.54, 1.807) is 11.3 Å². The van der Waals surface area contributed by atoms with Crippen LogP contribution >= 0.6 is 11.3 Å². The Kier molecular flexibility index (Phi) is 4.97. The van der Waals surface area contributed by atoms with Crippen molar-refractivity contribution in [2.45, 2.75) is 27.3 Å². The molecule has 3 nitrogen and oxygen atoms in total. The third kappa shape index (κ3) is 3.35. The van der Waals surface area contributed by atoms with Gasteiger partial charge in [0.25, 0.3) is 0 Å². The van der Waals surface area contributed by atoms with Gasteiger partial charge in [-0.1, -0.05) is 42.0 Å². The number of para-hydroxylation sites is 1. The summed E-state index contributed by atoms with van der Waals surface area (Å²) in [7, 11) is 0. The summed E-state index contributed by atoms with van der Waals surface area (Å²) in [6.45, 7) is 6.92. The van der Waals surface area contributed by atoms with E-state index in [1.165, 1.54) is 16.7 Å². The molecule has 2 aromatic carbocycles. The molecule has 124 valence electrons. The van der Waals surface area contributed by atoms with E-state index < -0.39 is 0 Å². The Morgan fingerprint density at radius 2 is 1.83 bits per heavy atom. The Labute approximate surface area is 146 Å². The van der Waals surface area contributed by atoms with E-state index in [0.29, 0.717) is 6.54 Å². The van der Waals surface area contributed by atoms with Gasteiger partial charge in [-0.05, 0) is 38.0 Å². The van der Waals surface area contributed by atoms with Gasteiger partial charge in [0, 0.05) is 17.5 Å². The van der Waals surface area contributed by atoms with Gasteiger partial charge in [-0.25, -0.2) is 4.99 Å². The summed E-state index contributed by atoms with van der Waals surface area (Å²) in [4.78, 5) is 5.73. The van der Waals surface area contributed by atoms with Crippen molar-refractivity contribution in [3.8, 4) is 11.3 Å². The molecule has 4 heteroatoms. The van der Waals surface area contributed by atoms with Crippen LogP contribution in [0, 0.1) is 20.8 Å². The molecule has 0 aliphatic heterocycles. The molecule has 0 aliphatic rings. The molecule has 0 bridgehead atoms. The Hall–Kier alpha value is -2.17. The first-order valence-electron chi connectivity index (χ1n) is 8.07. The molecule has 0 amide bonds.